The summed E-state index contributed by atoms with van der Waals surface area (Å²) < 4.78 is 0. The molecular formula is C11H13N3O. The molecule has 1 aromatic carbocycles. The van der Waals surface area contributed by atoms with Crippen LogP contribution in [0.5, 0.6) is 5.75 Å². The fourth-order valence-corrected chi connectivity index (χ4v) is 1.27. The van der Waals surface area contributed by atoms with Gasteiger partial charge in [0, 0.05) is 11.5 Å². The van der Waals surface area contributed by atoms with Gasteiger partial charge in [0.2, 0.25) is 0 Å². The highest BCUT2D eigenvalue weighted by atomic mass is 16.3. The molecule has 2 N–H and O–H groups in total. The van der Waals surface area contributed by atoms with E-state index in [1.54, 1.807) is 24.3 Å². The van der Waals surface area contributed by atoms with E-state index < -0.39 is 0 Å². The van der Waals surface area contributed by atoms with Crippen LogP contribution in [0.1, 0.15) is 25.6 Å². The molecule has 0 aliphatic heterocycles. The van der Waals surface area contributed by atoms with Crippen molar-refractivity contribution in [2.24, 2.45) is 0 Å². The largest absolute Gasteiger partial charge is 0.508 e. The van der Waals surface area contributed by atoms with Gasteiger partial charge in [-0.05, 0) is 24.3 Å². The van der Waals surface area contributed by atoms with Gasteiger partial charge in [-0.2, -0.15) is 5.10 Å². The minimum atomic E-state index is 0.248. The third kappa shape index (κ3) is 1.98. The summed E-state index contributed by atoms with van der Waals surface area (Å²) in [7, 11) is 0. The summed E-state index contributed by atoms with van der Waals surface area (Å²) in [5.41, 5.74) is 0.899. The molecule has 0 atom stereocenters. The lowest BCUT2D eigenvalue weighted by atomic mass is 10.2. The maximum absolute atomic E-state index is 9.15. The lowest BCUT2D eigenvalue weighted by Gasteiger charge is -1.96. The second kappa shape index (κ2) is 3.73. The van der Waals surface area contributed by atoms with Crippen molar-refractivity contribution in [2.45, 2.75) is 19.8 Å². The van der Waals surface area contributed by atoms with Crippen LogP contribution >= 0.6 is 0 Å². The first-order valence-corrected chi connectivity index (χ1v) is 4.88. The summed E-state index contributed by atoms with van der Waals surface area (Å²) in [5, 5.41) is 16.2. The number of aromatic hydroxyl groups is 1. The number of aromatic nitrogens is 3. The molecule has 15 heavy (non-hydrogen) atoms. The Labute approximate surface area is 88.0 Å². The van der Waals surface area contributed by atoms with Gasteiger partial charge in [-0.25, -0.2) is 4.98 Å². The van der Waals surface area contributed by atoms with Crippen molar-refractivity contribution in [3.63, 3.8) is 0 Å². The molecule has 0 bridgehead atoms. The number of aromatic amines is 1. The summed E-state index contributed by atoms with van der Waals surface area (Å²) in [5.74, 6) is 2.12. The molecule has 4 nitrogen and oxygen atoms in total. The Balaban J connectivity index is 2.33. The van der Waals surface area contributed by atoms with Crippen molar-refractivity contribution in [3.05, 3.63) is 30.1 Å². The zero-order valence-electron chi connectivity index (χ0n) is 8.73. The third-order valence-corrected chi connectivity index (χ3v) is 2.18. The quantitative estimate of drug-likeness (QED) is 0.787. The topological polar surface area (TPSA) is 61.8 Å². The van der Waals surface area contributed by atoms with Crippen LogP contribution in [0.3, 0.4) is 0 Å². The number of nitrogens with zero attached hydrogens (tertiary/aromatic N) is 2. The first-order chi connectivity index (χ1) is 7.16. The number of benzene rings is 1. The number of nitrogens with one attached hydrogen (secondary N) is 1. The average Bonchev–Trinajstić information content (AvgIpc) is 2.68. The highest BCUT2D eigenvalue weighted by molar-refractivity contribution is 5.55. The number of rotatable bonds is 2. The zero-order chi connectivity index (χ0) is 10.8. The number of hydrogen-bond acceptors (Lipinski definition) is 3. The Bertz CT molecular complexity index is 445. The highest BCUT2D eigenvalue weighted by Gasteiger charge is 2.07. The van der Waals surface area contributed by atoms with Gasteiger partial charge in [-0.3, -0.25) is 5.10 Å². The Morgan fingerprint density at radius 3 is 2.40 bits per heavy atom. The molecule has 2 rings (SSSR count). The smallest absolute Gasteiger partial charge is 0.181 e. The van der Waals surface area contributed by atoms with E-state index in [9.17, 15) is 0 Å². The average molecular weight is 203 g/mol. The normalized spacial score (nSPS) is 10.9. The molecule has 0 aliphatic carbocycles. The van der Waals surface area contributed by atoms with E-state index in [1.165, 1.54) is 0 Å². The van der Waals surface area contributed by atoms with E-state index in [-0.39, 0.29) is 5.75 Å². The molecule has 0 saturated carbocycles. The van der Waals surface area contributed by atoms with Gasteiger partial charge in [0.25, 0.3) is 0 Å². The fraction of sp³-hybridized carbons (Fsp3) is 0.273. The Morgan fingerprint density at radius 1 is 1.20 bits per heavy atom. The maximum atomic E-state index is 9.15. The minimum Gasteiger partial charge on any atom is -0.508 e. The second-order valence-electron chi connectivity index (χ2n) is 3.75. The van der Waals surface area contributed by atoms with Crippen LogP contribution in [0.15, 0.2) is 24.3 Å². The number of phenolic OH excluding ortho intramolecular Hbond substituents is 1. The van der Waals surface area contributed by atoms with Gasteiger partial charge in [0.05, 0.1) is 0 Å². The first-order valence-electron chi connectivity index (χ1n) is 4.88. The van der Waals surface area contributed by atoms with Crippen molar-refractivity contribution < 1.29 is 5.11 Å². The van der Waals surface area contributed by atoms with Gasteiger partial charge >= 0.3 is 0 Å². The van der Waals surface area contributed by atoms with Crippen LogP contribution in [-0.2, 0) is 0 Å². The molecule has 78 valence electrons. The van der Waals surface area contributed by atoms with E-state index in [0.29, 0.717) is 11.7 Å². The summed E-state index contributed by atoms with van der Waals surface area (Å²) in [4.78, 5) is 4.36. The van der Waals surface area contributed by atoms with Crippen molar-refractivity contribution in [1.29, 1.82) is 0 Å². The Kier molecular flexibility index (Phi) is 2.41. The molecule has 2 aromatic rings. The fourth-order valence-electron chi connectivity index (χ4n) is 1.27. The second-order valence-corrected chi connectivity index (χ2v) is 3.75. The molecule has 0 amide bonds. The van der Waals surface area contributed by atoms with Crippen molar-refractivity contribution >= 4 is 0 Å². The van der Waals surface area contributed by atoms with Crippen LogP contribution < -0.4 is 0 Å². The van der Waals surface area contributed by atoms with Crippen molar-refractivity contribution in [3.8, 4) is 17.1 Å². The van der Waals surface area contributed by atoms with Gasteiger partial charge < -0.3 is 5.11 Å². The van der Waals surface area contributed by atoms with Crippen LogP contribution in [0.4, 0.5) is 0 Å². The molecule has 1 heterocycles. The minimum absolute atomic E-state index is 0.248. The van der Waals surface area contributed by atoms with E-state index in [1.807, 2.05) is 0 Å². The highest BCUT2D eigenvalue weighted by Crippen LogP contribution is 2.19. The molecule has 0 saturated heterocycles. The van der Waals surface area contributed by atoms with Gasteiger partial charge in [0.1, 0.15) is 11.6 Å². The molecule has 0 aliphatic rings. The number of phenols is 1. The SMILES string of the molecule is CC(C)c1nc(-c2ccc(O)cc2)n[nH]1. The Hall–Kier alpha value is -1.84. The van der Waals surface area contributed by atoms with Gasteiger partial charge in [0.15, 0.2) is 5.82 Å². The summed E-state index contributed by atoms with van der Waals surface area (Å²) in [6, 6.07) is 6.84. The summed E-state index contributed by atoms with van der Waals surface area (Å²) >= 11 is 0. The standard InChI is InChI=1S/C11H13N3O/c1-7(2)10-12-11(14-13-10)8-3-5-9(15)6-4-8/h3-7,15H,1-2H3,(H,12,13,14). The van der Waals surface area contributed by atoms with Crippen LogP contribution in [0, 0.1) is 0 Å². The lowest BCUT2D eigenvalue weighted by molar-refractivity contribution is 0.475. The van der Waals surface area contributed by atoms with E-state index in [0.717, 1.165) is 11.4 Å². The first kappa shape index (κ1) is 9.71. The number of hydrogen-bond donors (Lipinski definition) is 2. The van der Waals surface area contributed by atoms with E-state index in [2.05, 4.69) is 29.0 Å². The monoisotopic (exact) mass is 203 g/mol. The van der Waals surface area contributed by atoms with Crippen LogP contribution in [-0.4, -0.2) is 20.3 Å². The molecule has 0 unspecified atom stereocenters. The van der Waals surface area contributed by atoms with Crippen molar-refractivity contribution in [2.75, 3.05) is 0 Å². The predicted octanol–water partition coefficient (Wildman–Crippen LogP) is 2.30. The molecular weight excluding hydrogens is 190 g/mol. The Morgan fingerprint density at radius 2 is 1.87 bits per heavy atom. The van der Waals surface area contributed by atoms with E-state index in [4.69, 9.17) is 5.11 Å². The molecule has 0 spiro atoms. The van der Waals surface area contributed by atoms with Gasteiger partial charge in [-0.1, -0.05) is 13.8 Å². The lowest BCUT2D eigenvalue weighted by Crippen LogP contribution is -1.89. The maximum Gasteiger partial charge on any atom is 0.181 e. The zero-order valence-corrected chi connectivity index (χ0v) is 8.73. The molecule has 0 radical (unpaired) electrons. The summed E-state index contributed by atoms with van der Waals surface area (Å²) in [6.45, 7) is 4.11. The van der Waals surface area contributed by atoms with Gasteiger partial charge in [-0.15, -0.1) is 0 Å². The predicted molar refractivity (Wildman–Crippen MR) is 57.6 cm³/mol. The van der Waals surface area contributed by atoms with Crippen LogP contribution in [0.2, 0.25) is 0 Å². The van der Waals surface area contributed by atoms with Crippen molar-refractivity contribution in [1.82, 2.24) is 15.2 Å². The molecule has 4 heteroatoms. The number of H-pyrrole nitrogens is 1. The molecule has 0 fully saturated rings. The molecule has 1 aromatic heterocycles. The third-order valence-electron chi connectivity index (χ3n) is 2.18. The van der Waals surface area contributed by atoms with E-state index >= 15 is 0 Å². The summed E-state index contributed by atoms with van der Waals surface area (Å²) in [6.07, 6.45) is 0. The van der Waals surface area contributed by atoms with Crippen LogP contribution in [0.25, 0.3) is 11.4 Å².